The second kappa shape index (κ2) is 5.99. The lowest BCUT2D eigenvalue weighted by molar-refractivity contribution is 0.474. The van der Waals surface area contributed by atoms with E-state index in [4.69, 9.17) is 5.73 Å². The molecule has 0 heterocycles. The number of anilines is 1. The Morgan fingerprint density at radius 1 is 1.32 bits per heavy atom. The van der Waals surface area contributed by atoms with E-state index in [1.165, 1.54) is 29.4 Å². The third-order valence-electron chi connectivity index (χ3n) is 2.56. The van der Waals surface area contributed by atoms with Gasteiger partial charge < -0.3 is 5.73 Å². The Morgan fingerprint density at radius 3 is 2.26 bits per heavy atom. The predicted octanol–water partition coefficient (Wildman–Crippen LogP) is 2.08. The first-order valence-electron chi connectivity index (χ1n) is 5.62. The van der Waals surface area contributed by atoms with Gasteiger partial charge in [0.2, 0.25) is 10.0 Å². The summed E-state index contributed by atoms with van der Waals surface area (Å²) in [5, 5.41) is 0. The predicted molar refractivity (Wildman–Crippen MR) is 74.7 cm³/mol. The smallest absolute Gasteiger partial charge is 0.243 e. The van der Waals surface area contributed by atoms with Crippen LogP contribution in [0.25, 0.3) is 0 Å². The summed E-state index contributed by atoms with van der Waals surface area (Å²) in [5.41, 5.74) is 5.47. The number of benzene rings is 1. The largest absolute Gasteiger partial charge is 0.396 e. The number of halogens is 1. The molecule has 0 spiro atoms. The number of nitrogens with zero attached hydrogens (tertiary/aromatic N) is 1. The minimum Gasteiger partial charge on any atom is -0.396 e. The summed E-state index contributed by atoms with van der Waals surface area (Å²) in [5.74, 6) is -0.599. The van der Waals surface area contributed by atoms with Gasteiger partial charge in [-0.1, -0.05) is 12.2 Å². The molecule has 0 bridgehead atoms. The molecule has 19 heavy (non-hydrogen) atoms. The third kappa shape index (κ3) is 3.21. The zero-order valence-electron chi connectivity index (χ0n) is 10.8. The van der Waals surface area contributed by atoms with Crippen molar-refractivity contribution in [2.75, 3.05) is 18.8 Å². The van der Waals surface area contributed by atoms with Crippen LogP contribution >= 0.6 is 0 Å². The van der Waals surface area contributed by atoms with Crippen LogP contribution in [-0.4, -0.2) is 25.8 Å². The van der Waals surface area contributed by atoms with Crippen LogP contribution in [0, 0.1) is 12.7 Å². The van der Waals surface area contributed by atoms with E-state index in [0.29, 0.717) is 0 Å². The Labute approximate surface area is 113 Å². The molecular weight excluding hydrogens is 267 g/mol. The Balaban J connectivity index is 3.32. The molecule has 6 heteroatoms. The number of sulfonamides is 1. The van der Waals surface area contributed by atoms with Gasteiger partial charge in [-0.3, -0.25) is 0 Å². The molecule has 104 valence electrons. The number of hydrogen-bond acceptors (Lipinski definition) is 3. The van der Waals surface area contributed by atoms with Crippen LogP contribution < -0.4 is 5.73 Å². The monoisotopic (exact) mass is 284 g/mol. The molecule has 0 aliphatic carbocycles. The average molecular weight is 284 g/mol. The first-order valence-corrected chi connectivity index (χ1v) is 7.06. The van der Waals surface area contributed by atoms with Crippen molar-refractivity contribution < 1.29 is 12.8 Å². The van der Waals surface area contributed by atoms with E-state index in [2.05, 4.69) is 13.2 Å². The summed E-state index contributed by atoms with van der Waals surface area (Å²) in [4.78, 5) is -0.0346. The Hall–Kier alpha value is -1.66. The molecular formula is C13H17FN2O2S. The lowest BCUT2D eigenvalue weighted by atomic mass is 10.2. The van der Waals surface area contributed by atoms with Crippen molar-refractivity contribution in [2.45, 2.75) is 11.8 Å². The first kappa shape index (κ1) is 15.4. The molecule has 0 aromatic heterocycles. The van der Waals surface area contributed by atoms with Crippen molar-refractivity contribution in [2.24, 2.45) is 0 Å². The molecule has 1 aromatic rings. The zero-order valence-corrected chi connectivity index (χ0v) is 11.6. The SMILES string of the molecule is C=CCN(CC=C)S(=O)(=O)c1cc(C)c(F)c(N)c1. The molecule has 0 unspecified atom stereocenters. The van der Waals surface area contributed by atoms with Gasteiger partial charge in [-0.05, 0) is 24.6 Å². The highest BCUT2D eigenvalue weighted by molar-refractivity contribution is 7.89. The normalized spacial score (nSPS) is 11.5. The Bertz CT molecular complexity index is 564. The number of hydrogen-bond donors (Lipinski definition) is 1. The second-order valence-corrected chi connectivity index (χ2v) is 5.98. The van der Waals surface area contributed by atoms with E-state index in [0.717, 1.165) is 6.07 Å². The van der Waals surface area contributed by atoms with E-state index in [1.54, 1.807) is 0 Å². The molecule has 0 radical (unpaired) electrons. The molecule has 2 N–H and O–H groups in total. The quantitative estimate of drug-likeness (QED) is 0.642. The van der Waals surface area contributed by atoms with Crippen LogP contribution in [0.4, 0.5) is 10.1 Å². The maximum absolute atomic E-state index is 13.4. The molecule has 0 fully saturated rings. The second-order valence-electron chi connectivity index (χ2n) is 4.04. The van der Waals surface area contributed by atoms with Gasteiger partial charge in [0.1, 0.15) is 5.82 Å². The van der Waals surface area contributed by atoms with Crippen molar-refractivity contribution >= 4 is 15.7 Å². The highest BCUT2D eigenvalue weighted by Gasteiger charge is 2.24. The van der Waals surface area contributed by atoms with Gasteiger partial charge in [-0.25, -0.2) is 12.8 Å². The molecule has 0 aliphatic heterocycles. The van der Waals surface area contributed by atoms with E-state index in [-0.39, 0.29) is 29.2 Å². The van der Waals surface area contributed by atoms with Crippen molar-refractivity contribution in [1.82, 2.24) is 4.31 Å². The molecule has 0 amide bonds. The van der Waals surface area contributed by atoms with E-state index in [9.17, 15) is 12.8 Å². The van der Waals surface area contributed by atoms with Crippen molar-refractivity contribution in [3.05, 3.63) is 48.8 Å². The fourth-order valence-electron chi connectivity index (χ4n) is 1.62. The average Bonchev–Trinajstić information content (AvgIpc) is 2.35. The van der Waals surface area contributed by atoms with Crippen LogP contribution in [0.5, 0.6) is 0 Å². The number of rotatable bonds is 6. The summed E-state index contributed by atoms with van der Waals surface area (Å²) in [6.45, 7) is 8.78. The molecule has 1 aromatic carbocycles. The maximum Gasteiger partial charge on any atom is 0.243 e. The van der Waals surface area contributed by atoms with Crippen LogP contribution in [0.15, 0.2) is 42.3 Å². The minimum absolute atomic E-state index is 0.0346. The summed E-state index contributed by atoms with van der Waals surface area (Å²) in [6.07, 6.45) is 2.95. The van der Waals surface area contributed by atoms with Crippen molar-refractivity contribution in [1.29, 1.82) is 0 Å². The summed E-state index contributed by atoms with van der Waals surface area (Å²) in [6, 6.07) is 2.39. The van der Waals surface area contributed by atoms with E-state index < -0.39 is 15.8 Å². The van der Waals surface area contributed by atoms with Gasteiger partial charge in [0.25, 0.3) is 0 Å². The van der Waals surface area contributed by atoms with Crippen molar-refractivity contribution in [3.63, 3.8) is 0 Å². The highest BCUT2D eigenvalue weighted by atomic mass is 32.2. The van der Waals surface area contributed by atoms with Gasteiger partial charge in [0.15, 0.2) is 0 Å². The van der Waals surface area contributed by atoms with Crippen LogP contribution in [0.2, 0.25) is 0 Å². The lowest BCUT2D eigenvalue weighted by Crippen LogP contribution is -2.31. The standard InChI is InChI=1S/C13H17FN2O2S/c1-4-6-16(7-5-2)19(17,18)11-8-10(3)13(14)12(15)9-11/h4-5,8-9H,1-2,6-7,15H2,3H3. The molecule has 0 aliphatic rings. The summed E-state index contributed by atoms with van der Waals surface area (Å²) in [7, 11) is -3.74. The highest BCUT2D eigenvalue weighted by Crippen LogP contribution is 2.23. The Morgan fingerprint density at radius 2 is 1.84 bits per heavy atom. The summed E-state index contributed by atoms with van der Waals surface area (Å²) >= 11 is 0. The maximum atomic E-state index is 13.4. The first-order chi connectivity index (χ1) is 8.84. The third-order valence-corrected chi connectivity index (χ3v) is 4.37. The van der Waals surface area contributed by atoms with Crippen LogP contribution in [0.1, 0.15) is 5.56 Å². The lowest BCUT2D eigenvalue weighted by Gasteiger charge is -2.19. The van der Waals surface area contributed by atoms with Gasteiger partial charge in [0, 0.05) is 13.1 Å². The fourth-order valence-corrected chi connectivity index (χ4v) is 3.12. The van der Waals surface area contributed by atoms with Crippen LogP contribution in [-0.2, 0) is 10.0 Å². The fraction of sp³-hybridized carbons (Fsp3) is 0.231. The molecule has 1 rings (SSSR count). The Kier molecular flexibility index (Phi) is 4.85. The summed E-state index contributed by atoms with van der Waals surface area (Å²) < 4.78 is 39.4. The van der Waals surface area contributed by atoms with Gasteiger partial charge in [0.05, 0.1) is 10.6 Å². The van der Waals surface area contributed by atoms with Gasteiger partial charge >= 0.3 is 0 Å². The molecule has 0 atom stereocenters. The molecule has 0 saturated carbocycles. The van der Waals surface area contributed by atoms with Crippen molar-refractivity contribution in [3.8, 4) is 0 Å². The van der Waals surface area contributed by atoms with Gasteiger partial charge in [-0.2, -0.15) is 4.31 Å². The number of nitrogen functional groups attached to an aromatic ring is 1. The number of nitrogens with two attached hydrogens (primary N) is 1. The zero-order chi connectivity index (χ0) is 14.6. The van der Waals surface area contributed by atoms with E-state index in [1.807, 2.05) is 0 Å². The van der Waals surface area contributed by atoms with E-state index >= 15 is 0 Å². The molecule has 4 nitrogen and oxygen atoms in total. The molecule has 0 saturated heterocycles. The number of aryl methyl sites for hydroxylation is 1. The minimum atomic E-state index is -3.74. The van der Waals surface area contributed by atoms with Gasteiger partial charge in [-0.15, -0.1) is 13.2 Å². The topological polar surface area (TPSA) is 63.4 Å². The van der Waals surface area contributed by atoms with Crippen LogP contribution in [0.3, 0.4) is 0 Å².